The van der Waals surface area contributed by atoms with E-state index in [-0.39, 0.29) is 17.2 Å². The summed E-state index contributed by atoms with van der Waals surface area (Å²) in [5.74, 6) is -3.36. The van der Waals surface area contributed by atoms with Crippen molar-refractivity contribution in [1.82, 2.24) is 15.5 Å². The maximum absolute atomic E-state index is 13.8. The molecule has 4 amide bonds. The van der Waals surface area contributed by atoms with Crippen LogP contribution in [0.3, 0.4) is 0 Å². The number of amides is 4. The number of phenols is 1. The molecule has 0 aliphatic heterocycles. The van der Waals surface area contributed by atoms with Crippen molar-refractivity contribution in [3.05, 3.63) is 29.8 Å². The second kappa shape index (κ2) is 11.7. The Kier molecular flexibility index (Phi) is 9.26. The van der Waals surface area contributed by atoms with Gasteiger partial charge >= 0.3 is 12.1 Å². The molecule has 1 aromatic rings. The van der Waals surface area contributed by atoms with Crippen LogP contribution in [0.15, 0.2) is 24.3 Å². The Hall–Kier alpha value is -3.83. The Balaban J connectivity index is 2.49. The number of nitrogens with two attached hydrogens (primary N) is 1. The molecule has 198 valence electrons. The number of hydrogen-bond acceptors (Lipinski definition) is 8. The van der Waals surface area contributed by atoms with Crippen LogP contribution in [-0.4, -0.2) is 71.1 Å². The van der Waals surface area contributed by atoms with Crippen molar-refractivity contribution in [1.29, 1.82) is 0 Å². The van der Waals surface area contributed by atoms with Crippen LogP contribution in [0.4, 0.5) is 4.79 Å². The lowest BCUT2D eigenvalue weighted by Gasteiger charge is -2.35. The highest BCUT2D eigenvalue weighted by atomic mass is 16.6. The van der Waals surface area contributed by atoms with Gasteiger partial charge in [0.1, 0.15) is 30.0 Å². The van der Waals surface area contributed by atoms with Crippen LogP contribution in [0.25, 0.3) is 0 Å². The third-order valence-corrected chi connectivity index (χ3v) is 5.47. The first-order valence-corrected chi connectivity index (χ1v) is 11.5. The third-order valence-electron chi connectivity index (χ3n) is 5.47. The van der Waals surface area contributed by atoms with Crippen molar-refractivity contribution in [2.75, 3.05) is 13.7 Å². The Morgan fingerprint density at radius 1 is 1.19 bits per heavy atom. The van der Waals surface area contributed by atoms with Crippen molar-refractivity contribution < 1.29 is 38.6 Å². The van der Waals surface area contributed by atoms with E-state index >= 15 is 0 Å². The van der Waals surface area contributed by atoms with Crippen molar-refractivity contribution in [3.8, 4) is 5.75 Å². The van der Waals surface area contributed by atoms with Crippen LogP contribution in [0.1, 0.15) is 52.1 Å². The van der Waals surface area contributed by atoms with Crippen molar-refractivity contribution >= 4 is 29.8 Å². The molecule has 1 aliphatic rings. The summed E-state index contributed by atoms with van der Waals surface area (Å²) < 4.78 is 9.79. The number of ether oxygens (including phenoxy) is 2. The smallest absolute Gasteiger partial charge is 0.408 e. The van der Waals surface area contributed by atoms with Crippen molar-refractivity contribution in [3.63, 3.8) is 0 Å². The highest BCUT2D eigenvalue weighted by Gasteiger charge is 2.49. The summed E-state index contributed by atoms with van der Waals surface area (Å²) in [5.41, 5.74) is 4.57. The van der Waals surface area contributed by atoms with E-state index in [4.69, 9.17) is 10.5 Å². The minimum Gasteiger partial charge on any atom is -0.508 e. The number of carbonyl (C=O) groups is 5. The molecular weight excluding hydrogens is 472 g/mol. The molecule has 36 heavy (non-hydrogen) atoms. The number of rotatable bonds is 10. The number of nitrogens with one attached hydrogen (secondary N) is 2. The fraction of sp³-hybridized carbons (Fsp3) is 0.542. The molecule has 12 heteroatoms. The first kappa shape index (κ1) is 28.4. The van der Waals surface area contributed by atoms with Gasteiger partial charge in [0.2, 0.25) is 17.7 Å². The number of benzene rings is 1. The van der Waals surface area contributed by atoms with E-state index in [1.54, 1.807) is 32.9 Å². The second-order valence-corrected chi connectivity index (χ2v) is 9.65. The standard InChI is InChI=1S/C24H34N4O8/c1-13-10-16(13)28(22(33)15(11-18(25)30)27-23(34)36-24(2,3)4)20(14-8-6-7-9-17(14)29)21(32)26-12-19(31)35-5/h6-9,13,15-16,20,29H,10-12H2,1-5H3,(H2,25,30)(H,26,32)(H,27,34). The first-order valence-electron chi connectivity index (χ1n) is 11.5. The lowest BCUT2D eigenvalue weighted by atomic mass is 10.0. The maximum atomic E-state index is 13.8. The predicted molar refractivity (Wildman–Crippen MR) is 127 cm³/mol. The van der Waals surface area contributed by atoms with Gasteiger partial charge in [-0.2, -0.15) is 0 Å². The molecule has 5 N–H and O–H groups in total. The average molecular weight is 507 g/mol. The second-order valence-electron chi connectivity index (χ2n) is 9.65. The summed E-state index contributed by atoms with van der Waals surface area (Å²) in [4.78, 5) is 64.2. The summed E-state index contributed by atoms with van der Waals surface area (Å²) in [7, 11) is 1.16. The van der Waals surface area contributed by atoms with Gasteiger partial charge in [-0.15, -0.1) is 0 Å². The topological polar surface area (TPSA) is 177 Å². The summed E-state index contributed by atoms with van der Waals surface area (Å²) in [6, 6.07) is 2.69. The SMILES string of the molecule is COC(=O)CNC(=O)C(c1ccccc1O)N(C(=O)C(CC(N)=O)NC(=O)OC(C)(C)C)C1CC1C. The molecule has 0 radical (unpaired) electrons. The molecule has 0 aromatic heterocycles. The monoisotopic (exact) mass is 506 g/mol. The molecule has 1 aromatic carbocycles. The molecule has 0 spiro atoms. The predicted octanol–water partition coefficient (Wildman–Crippen LogP) is 0.728. The number of hydrogen-bond donors (Lipinski definition) is 4. The van der Waals surface area contributed by atoms with Crippen LogP contribution < -0.4 is 16.4 Å². The minimum absolute atomic E-state index is 0.00790. The zero-order chi connectivity index (χ0) is 27.2. The number of phenolic OH excluding ortho intramolecular Hbond substituents is 1. The Morgan fingerprint density at radius 3 is 2.31 bits per heavy atom. The lowest BCUT2D eigenvalue weighted by molar-refractivity contribution is -0.146. The van der Waals surface area contributed by atoms with Crippen LogP contribution in [0, 0.1) is 5.92 Å². The zero-order valence-corrected chi connectivity index (χ0v) is 21.1. The van der Waals surface area contributed by atoms with Crippen molar-refractivity contribution in [2.45, 2.75) is 64.3 Å². The minimum atomic E-state index is -1.44. The highest BCUT2D eigenvalue weighted by Crippen LogP contribution is 2.42. The van der Waals surface area contributed by atoms with Gasteiger partial charge in [0.05, 0.1) is 13.5 Å². The average Bonchev–Trinajstić information content (AvgIpc) is 3.49. The molecular formula is C24H34N4O8. The number of primary amides is 1. The molecule has 4 atom stereocenters. The number of nitrogens with zero attached hydrogens (tertiary/aromatic N) is 1. The van der Waals surface area contributed by atoms with Crippen LogP contribution in [0.2, 0.25) is 0 Å². The van der Waals surface area contributed by atoms with E-state index < -0.39 is 66.5 Å². The van der Waals surface area contributed by atoms with Gasteiger partial charge in [0.15, 0.2) is 0 Å². The molecule has 1 fully saturated rings. The highest BCUT2D eigenvalue weighted by molar-refractivity contribution is 5.95. The summed E-state index contributed by atoms with van der Waals surface area (Å²) in [6.07, 6.45) is -0.955. The van der Waals surface area contributed by atoms with Crippen LogP contribution in [0.5, 0.6) is 5.75 Å². The Labute approximate surface area is 209 Å². The third kappa shape index (κ3) is 7.85. The number of aromatic hydroxyl groups is 1. The van der Waals surface area contributed by atoms with E-state index in [0.29, 0.717) is 6.42 Å². The van der Waals surface area contributed by atoms with Crippen molar-refractivity contribution in [2.24, 2.45) is 11.7 Å². The molecule has 4 unspecified atom stereocenters. The Bertz CT molecular complexity index is 1010. The number of alkyl carbamates (subject to hydrolysis) is 1. The summed E-state index contributed by atoms with van der Waals surface area (Å²) >= 11 is 0. The largest absolute Gasteiger partial charge is 0.508 e. The van der Waals surface area contributed by atoms with Crippen LogP contribution >= 0.6 is 0 Å². The van der Waals surface area contributed by atoms with E-state index in [1.165, 1.54) is 17.0 Å². The molecule has 0 heterocycles. The lowest BCUT2D eigenvalue weighted by Crippen LogP contribution is -2.55. The molecule has 2 rings (SSSR count). The molecule has 12 nitrogen and oxygen atoms in total. The van der Waals surface area contributed by atoms with Gasteiger partial charge in [-0.3, -0.25) is 19.2 Å². The fourth-order valence-corrected chi connectivity index (χ4v) is 3.67. The molecule has 1 saturated carbocycles. The zero-order valence-electron chi connectivity index (χ0n) is 21.1. The number of methoxy groups -OCH3 is 1. The number of para-hydroxylation sites is 1. The fourth-order valence-electron chi connectivity index (χ4n) is 3.67. The Morgan fingerprint density at radius 2 is 1.81 bits per heavy atom. The summed E-state index contributed by atoms with van der Waals surface area (Å²) in [6.45, 7) is 6.30. The molecule has 1 aliphatic carbocycles. The van der Waals surface area contributed by atoms with Gasteiger partial charge in [-0.1, -0.05) is 25.1 Å². The number of carbonyl (C=O) groups excluding carboxylic acids is 5. The normalized spacial score (nSPS) is 18.2. The van der Waals surface area contributed by atoms with Gasteiger partial charge in [0.25, 0.3) is 0 Å². The van der Waals surface area contributed by atoms with E-state index in [0.717, 1.165) is 7.11 Å². The van der Waals surface area contributed by atoms with Crippen LogP contribution in [-0.2, 0) is 28.7 Å². The van der Waals surface area contributed by atoms with E-state index in [9.17, 15) is 29.1 Å². The first-order chi connectivity index (χ1) is 16.7. The van der Waals surface area contributed by atoms with E-state index in [2.05, 4.69) is 15.4 Å². The number of esters is 1. The van der Waals surface area contributed by atoms with Gasteiger partial charge in [-0.25, -0.2) is 4.79 Å². The van der Waals surface area contributed by atoms with Gasteiger partial charge < -0.3 is 35.8 Å². The summed E-state index contributed by atoms with van der Waals surface area (Å²) in [5, 5.41) is 15.3. The van der Waals surface area contributed by atoms with E-state index in [1.807, 2.05) is 6.92 Å². The van der Waals surface area contributed by atoms with Gasteiger partial charge in [-0.05, 0) is 39.2 Å². The quantitative estimate of drug-likeness (QED) is 0.336. The maximum Gasteiger partial charge on any atom is 0.408 e. The molecule has 0 saturated heterocycles. The van der Waals surface area contributed by atoms with Gasteiger partial charge in [0, 0.05) is 11.6 Å². The molecule has 0 bridgehead atoms.